The minimum Gasteiger partial charge on any atom is -0.388 e. The molecule has 0 radical (unpaired) electrons. The molecule has 1 aliphatic rings. The molecule has 4 N–H and O–H groups in total. The van der Waals surface area contributed by atoms with Crippen molar-refractivity contribution in [2.24, 2.45) is 5.41 Å². The zero-order chi connectivity index (χ0) is 15.8. The lowest BCUT2D eigenvalue weighted by Crippen LogP contribution is -2.67. The highest BCUT2D eigenvalue weighted by Gasteiger charge is 2.60. The number of ether oxygens (including phenoxy) is 1. The van der Waals surface area contributed by atoms with Crippen molar-refractivity contribution in [1.82, 2.24) is 0 Å². The normalized spacial score (nSPS) is 34.6. The molecule has 8 nitrogen and oxygen atoms in total. The topological polar surface area (TPSA) is 141 Å². The average molecular weight is 290 g/mol. The van der Waals surface area contributed by atoms with Gasteiger partial charge in [0, 0.05) is 0 Å². The Kier molecular flexibility index (Phi) is 4.78. The van der Waals surface area contributed by atoms with Crippen molar-refractivity contribution in [2.75, 3.05) is 0 Å². The van der Waals surface area contributed by atoms with Gasteiger partial charge in [-0.05, 0) is 20.8 Å². The third-order valence-electron chi connectivity index (χ3n) is 3.68. The molecule has 0 bridgehead atoms. The highest BCUT2D eigenvalue weighted by Crippen LogP contribution is 2.36. The third-order valence-corrected chi connectivity index (χ3v) is 3.68. The Bertz CT molecular complexity index is 395. The van der Waals surface area contributed by atoms with E-state index in [1.165, 1.54) is 0 Å². The molecule has 0 spiro atoms. The van der Waals surface area contributed by atoms with E-state index in [2.05, 4.69) is 0 Å². The zero-order valence-corrected chi connectivity index (χ0v) is 11.3. The highest BCUT2D eigenvalue weighted by atomic mass is 16.6. The number of Topliss-reactive ketones (excluding diaryl/α,β-unsaturated/α-hetero) is 3. The van der Waals surface area contributed by atoms with E-state index in [-0.39, 0.29) is 0 Å². The summed E-state index contributed by atoms with van der Waals surface area (Å²) >= 11 is 0. The van der Waals surface area contributed by atoms with Gasteiger partial charge in [0.15, 0.2) is 29.1 Å². The van der Waals surface area contributed by atoms with Crippen molar-refractivity contribution < 1.29 is 39.5 Å². The lowest BCUT2D eigenvalue weighted by Gasteiger charge is -2.44. The summed E-state index contributed by atoms with van der Waals surface area (Å²) in [5.74, 6) is -2.63. The van der Waals surface area contributed by atoms with Crippen LogP contribution in [0.2, 0.25) is 0 Å². The van der Waals surface area contributed by atoms with Crippen LogP contribution in [0.15, 0.2) is 0 Å². The lowest BCUT2D eigenvalue weighted by molar-refractivity contribution is -0.294. The van der Waals surface area contributed by atoms with Crippen molar-refractivity contribution in [2.45, 2.75) is 51.5 Å². The lowest BCUT2D eigenvalue weighted by atomic mass is 9.68. The monoisotopic (exact) mass is 290 g/mol. The number of hydrogen-bond acceptors (Lipinski definition) is 8. The van der Waals surface area contributed by atoms with Gasteiger partial charge in [-0.3, -0.25) is 14.4 Å². The van der Waals surface area contributed by atoms with E-state index in [1.807, 2.05) is 0 Å². The quantitative estimate of drug-likeness (QED) is 0.418. The SMILES string of the molecule is CC(=O)C(C(C)=O)(C(C)=O)[C@@H]1OC(O)[C@H](O)[C@H](O)[C@H]1O. The van der Waals surface area contributed by atoms with E-state index >= 15 is 0 Å². The number of carbonyl (C=O) groups excluding carboxylic acids is 3. The summed E-state index contributed by atoms with van der Waals surface area (Å²) in [7, 11) is 0. The summed E-state index contributed by atoms with van der Waals surface area (Å²) in [4.78, 5) is 35.5. The summed E-state index contributed by atoms with van der Waals surface area (Å²) in [5.41, 5.74) is -2.33. The first-order valence-corrected chi connectivity index (χ1v) is 5.99. The zero-order valence-electron chi connectivity index (χ0n) is 11.3. The van der Waals surface area contributed by atoms with E-state index < -0.39 is 53.5 Å². The summed E-state index contributed by atoms with van der Waals surface area (Å²) in [5, 5.41) is 38.4. The first kappa shape index (κ1) is 16.9. The van der Waals surface area contributed by atoms with Crippen LogP contribution in [0, 0.1) is 5.41 Å². The average Bonchev–Trinajstić information content (AvgIpc) is 2.32. The molecule has 0 aromatic rings. The third kappa shape index (κ3) is 2.29. The second kappa shape index (κ2) is 5.66. The van der Waals surface area contributed by atoms with Crippen LogP contribution >= 0.6 is 0 Å². The molecular weight excluding hydrogens is 272 g/mol. The number of rotatable bonds is 4. The van der Waals surface area contributed by atoms with Gasteiger partial charge in [-0.2, -0.15) is 0 Å². The fraction of sp³-hybridized carbons (Fsp3) is 0.750. The number of hydrogen-bond donors (Lipinski definition) is 4. The molecule has 1 saturated heterocycles. The minimum atomic E-state index is -2.33. The van der Waals surface area contributed by atoms with E-state index in [9.17, 15) is 34.8 Å². The van der Waals surface area contributed by atoms with Gasteiger partial charge in [0.1, 0.15) is 24.4 Å². The highest BCUT2D eigenvalue weighted by molar-refractivity contribution is 6.23. The number of aliphatic hydroxyl groups is 4. The van der Waals surface area contributed by atoms with Crippen molar-refractivity contribution in [3.63, 3.8) is 0 Å². The molecule has 1 heterocycles. The van der Waals surface area contributed by atoms with Crippen molar-refractivity contribution in [1.29, 1.82) is 0 Å². The van der Waals surface area contributed by atoms with Crippen molar-refractivity contribution in [3.05, 3.63) is 0 Å². The van der Waals surface area contributed by atoms with Crippen LogP contribution < -0.4 is 0 Å². The van der Waals surface area contributed by atoms with Gasteiger partial charge >= 0.3 is 0 Å². The smallest absolute Gasteiger partial charge is 0.184 e. The van der Waals surface area contributed by atoms with Crippen LogP contribution in [0.4, 0.5) is 0 Å². The molecule has 5 atom stereocenters. The van der Waals surface area contributed by atoms with Crippen LogP contribution in [0.5, 0.6) is 0 Å². The Morgan fingerprint density at radius 2 is 1.20 bits per heavy atom. The Hall–Kier alpha value is -1.19. The predicted octanol–water partition coefficient (Wildman–Crippen LogP) is -2.46. The van der Waals surface area contributed by atoms with E-state index in [1.54, 1.807) is 0 Å². The first-order valence-electron chi connectivity index (χ1n) is 5.99. The maximum Gasteiger partial charge on any atom is 0.184 e. The summed E-state index contributed by atoms with van der Waals surface area (Å²) < 4.78 is 4.86. The number of ketones is 3. The summed E-state index contributed by atoms with van der Waals surface area (Å²) in [6.45, 7) is 2.92. The molecule has 1 rings (SSSR count). The van der Waals surface area contributed by atoms with Gasteiger partial charge in [0.05, 0.1) is 0 Å². The van der Waals surface area contributed by atoms with Crippen LogP contribution in [0.25, 0.3) is 0 Å². The van der Waals surface area contributed by atoms with Crippen LogP contribution in [-0.4, -0.2) is 68.5 Å². The molecule has 0 amide bonds. The molecule has 8 heteroatoms. The molecular formula is C12H18O8. The molecule has 1 unspecified atom stereocenters. The second-order valence-electron chi connectivity index (χ2n) is 4.90. The molecule has 0 aromatic carbocycles. The van der Waals surface area contributed by atoms with Crippen LogP contribution in [0.1, 0.15) is 20.8 Å². The van der Waals surface area contributed by atoms with Gasteiger partial charge < -0.3 is 25.2 Å². The molecule has 1 fully saturated rings. The number of aliphatic hydroxyl groups excluding tert-OH is 4. The summed E-state index contributed by atoms with van der Waals surface area (Å²) in [6.07, 6.45) is -9.27. The largest absolute Gasteiger partial charge is 0.388 e. The van der Waals surface area contributed by atoms with Crippen LogP contribution in [0.3, 0.4) is 0 Å². The Morgan fingerprint density at radius 1 is 0.800 bits per heavy atom. The minimum absolute atomic E-state index is 0.877. The van der Waals surface area contributed by atoms with Gasteiger partial charge in [-0.25, -0.2) is 0 Å². The first-order chi connectivity index (χ1) is 9.08. The van der Waals surface area contributed by atoms with Crippen molar-refractivity contribution in [3.8, 4) is 0 Å². The number of carbonyl (C=O) groups is 3. The maximum absolute atomic E-state index is 11.8. The van der Waals surface area contributed by atoms with E-state index in [0.29, 0.717) is 0 Å². The Morgan fingerprint density at radius 3 is 1.55 bits per heavy atom. The molecule has 1 aliphatic heterocycles. The fourth-order valence-corrected chi connectivity index (χ4v) is 2.56. The molecule has 0 aromatic heterocycles. The summed E-state index contributed by atoms with van der Waals surface area (Å²) in [6, 6.07) is 0. The van der Waals surface area contributed by atoms with Gasteiger partial charge in [-0.15, -0.1) is 0 Å². The van der Waals surface area contributed by atoms with Gasteiger partial charge in [-0.1, -0.05) is 0 Å². The second-order valence-corrected chi connectivity index (χ2v) is 4.90. The standard InChI is InChI=1S/C12H18O8/c1-4(13)12(5(2)14,6(3)15)10-8(17)7(16)9(18)11(19)20-10/h7-11,16-19H,1-3H3/t7-,8-,9-,10-,11?/m1/s1. The molecule has 0 aliphatic carbocycles. The van der Waals surface area contributed by atoms with Gasteiger partial charge in [0.2, 0.25) is 0 Å². The van der Waals surface area contributed by atoms with Gasteiger partial charge in [0.25, 0.3) is 0 Å². The van der Waals surface area contributed by atoms with E-state index in [0.717, 1.165) is 20.8 Å². The van der Waals surface area contributed by atoms with E-state index in [4.69, 9.17) is 4.74 Å². The fourth-order valence-electron chi connectivity index (χ4n) is 2.56. The van der Waals surface area contributed by atoms with Crippen molar-refractivity contribution >= 4 is 17.3 Å². The molecule has 114 valence electrons. The maximum atomic E-state index is 11.8. The molecule has 0 saturated carbocycles. The van der Waals surface area contributed by atoms with Crippen LogP contribution in [-0.2, 0) is 19.1 Å². The predicted molar refractivity (Wildman–Crippen MR) is 63.4 cm³/mol. The Labute approximate surface area is 115 Å². The molecule has 20 heavy (non-hydrogen) atoms. The Balaban J connectivity index is 3.38.